The summed E-state index contributed by atoms with van der Waals surface area (Å²) in [5.74, 6) is 0. The molecule has 0 aromatic heterocycles. The van der Waals surface area contributed by atoms with E-state index in [4.69, 9.17) is 0 Å². The Kier molecular flexibility index (Phi) is 4.66. The molecule has 0 spiro atoms. The van der Waals surface area contributed by atoms with Gasteiger partial charge in [-0.25, -0.2) is 0 Å². The van der Waals surface area contributed by atoms with E-state index in [-0.39, 0.29) is 5.41 Å². The smallest absolute Gasteiger partial charge is 0.299 e. The topological polar surface area (TPSA) is 3.24 Å². The summed E-state index contributed by atoms with van der Waals surface area (Å²) in [7, 11) is 0. The summed E-state index contributed by atoms with van der Waals surface area (Å²) in [5, 5.41) is 0. The second-order valence-electron chi connectivity index (χ2n) is 6.96. The molecule has 0 bridgehead atoms. The van der Waals surface area contributed by atoms with E-state index in [0.717, 1.165) is 31.5 Å². The minimum Gasteiger partial charge on any atom is -0.299 e. The van der Waals surface area contributed by atoms with Crippen molar-refractivity contribution in [1.29, 1.82) is 0 Å². The lowest BCUT2D eigenvalue weighted by Crippen LogP contribution is -2.30. The van der Waals surface area contributed by atoms with E-state index < -0.39 is 11.7 Å². The molecule has 0 amide bonds. The standard InChI is InChI=1S/C17H24F3N/c1-16(2,3)14-8-7-13(15(11-14)17(18,19)20)12-21-9-5-4-6-10-21/h7-8,11H,4-6,9-10,12H2,1-3H3. The van der Waals surface area contributed by atoms with Crippen molar-refractivity contribution < 1.29 is 13.2 Å². The van der Waals surface area contributed by atoms with Gasteiger partial charge in [-0.1, -0.05) is 39.3 Å². The van der Waals surface area contributed by atoms with E-state index in [1.807, 2.05) is 26.8 Å². The zero-order chi connectivity index (χ0) is 15.7. The van der Waals surface area contributed by atoms with Gasteiger partial charge < -0.3 is 0 Å². The number of benzene rings is 1. The van der Waals surface area contributed by atoms with Crippen molar-refractivity contribution in [1.82, 2.24) is 4.90 Å². The molecular weight excluding hydrogens is 275 g/mol. The number of piperidine rings is 1. The number of halogens is 3. The van der Waals surface area contributed by atoms with Crippen molar-refractivity contribution in [2.75, 3.05) is 13.1 Å². The van der Waals surface area contributed by atoms with E-state index in [2.05, 4.69) is 4.90 Å². The molecule has 0 radical (unpaired) electrons. The molecule has 21 heavy (non-hydrogen) atoms. The van der Waals surface area contributed by atoms with Crippen molar-refractivity contribution in [3.63, 3.8) is 0 Å². The second kappa shape index (κ2) is 5.99. The van der Waals surface area contributed by atoms with Crippen molar-refractivity contribution in [2.24, 2.45) is 0 Å². The van der Waals surface area contributed by atoms with Gasteiger partial charge >= 0.3 is 6.18 Å². The SMILES string of the molecule is CC(C)(C)c1ccc(CN2CCCCC2)c(C(F)(F)F)c1. The van der Waals surface area contributed by atoms with Gasteiger partial charge in [-0.05, 0) is 48.5 Å². The molecule has 1 heterocycles. The average Bonchev–Trinajstić information content (AvgIpc) is 2.38. The summed E-state index contributed by atoms with van der Waals surface area (Å²) in [6, 6.07) is 4.84. The van der Waals surface area contributed by atoms with Crippen molar-refractivity contribution >= 4 is 0 Å². The van der Waals surface area contributed by atoms with Gasteiger partial charge in [0.2, 0.25) is 0 Å². The highest BCUT2D eigenvalue weighted by atomic mass is 19.4. The molecule has 0 aliphatic carbocycles. The predicted molar refractivity (Wildman–Crippen MR) is 79.3 cm³/mol. The van der Waals surface area contributed by atoms with Gasteiger partial charge in [0.15, 0.2) is 0 Å². The Hall–Kier alpha value is -1.03. The third-order valence-corrected chi connectivity index (χ3v) is 4.12. The van der Waals surface area contributed by atoms with Crippen LogP contribution in [-0.2, 0) is 18.1 Å². The molecule has 2 rings (SSSR count). The third-order valence-electron chi connectivity index (χ3n) is 4.12. The molecule has 1 fully saturated rings. The van der Waals surface area contributed by atoms with Gasteiger partial charge in [0.1, 0.15) is 0 Å². The molecule has 1 aliphatic rings. The Morgan fingerprint density at radius 3 is 2.14 bits per heavy atom. The Morgan fingerprint density at radius 2 is 1.62 bits per heavy atom. The highest BCUT2D eigenvalue weighted by molar-refractivity contribution is 5.37. The predicted octanol–water partition coefficient (Wildman–Crippen LogP) is 4.99. The van der Waals surface area contributed by atoms with Crippen LogP contribution in [0, 0.1) is 0 Å². The number of likely N-dealkylation sites (tertiary alicyclic amines) is 1. The molecule has 0 N–H and O–H groups in total. The van der Waals surface area contributed by atoms with Crippen LogP contribution >= 0.6 is 0 Å². The first-order valence-corrected chi connectivity index (χ1v) is 7.61. The molecular formula is C17H24F3N. The van der Waals surface area contributed by atoms with E-state index in [1.165, 1.54) is 12.5 Å². The number of hydrogen-bond acceptors (Lipinski definition) is 1. The zero-order valence-corrected chi connectivity index (χ0v) is 13.1. The van der Waals surface area contributed by atoms with Gasteiger partial charge in [0, 0.05) is 6.54 Å². The first kappa shape index (κ1) is 16.3. The number of nitrogens with zero attached hydrogens (tertiary/aromatic N) is 1. The Morgan fingerprint density at radius 1 is 1.00 bits per heavy atom. The summed E-state index contributed by atoms with van der Waals surface area (Å²) in [4.78, 5) is 2.13. The zero-order valence-electron chi connectivity index (χ0n) is 13.1. The maximum Gasteiger partial charge on any atom is 0.416 e. The van der Waals surface area contributed by atoms with Gasteiger partial charge in [0.05, 0.1) is 5.56 Å². The molecule has 4 heteroatoms. The van der Waals surface area contributed by atoms with Crippen molar-refractivity contribution in [3.8, 4) is 0 Å². The van der Waals surface area contributed by atoms with Crippen LogP contribution < -0.4 is 0 Å². The quantitative estimate of drug-likeness (QED) is 0.743. The monoisotopic (exact) mass is 299 g/mol. The fourth-order valence-electron chi connectivity index (χ4n) is 2.80. The fourth-order valence-corrected chi connectivity index (χ4v) is 2.80. The van der Waals surface area contributed by atoms with Crippen molar-refractivity contribution in [3.05, 3.63) is 34.9 Å². The summed E-state index contributed by atoms with van der Waals surface area (Å²) in [6.07, 6.45) is -0.930. The van der Waals surface area contributed by atoms with Crippen molar-refractivity contribution in [2.45, 2.75) is 58.2 Å². The van der Waals surface area contributed by atoms with Crippen LogP contribution in [-0.4, -0.2) is 18.0 Å². The number of hydrogen-bond donors (Lipinski definition) is 0. The molecule has 1 nitrogen and oxygen atoms in total. The highest BCUT2D eigenvalue weighted by Gasteiger charge is 2.34. The Labute approximate surface area is 125 Å². The van der Waals surface area contributed by atoms with Crippen LogP contribution in [0.15, 0.2) is 18.2 Å². The maximum atomic E-state index is 13.4. The van der Waals surface area contributed by atoms with Gasteiger partial charge in [-0.2, -0.15) is 13.2 Å². The third kappa shape index (κ3) is 4.22. The minimum atomic E-state index is -4.29. The summed E-state index contributed by atoms with van der Waals surface area (Å²) in [6.45, 7) is 8.02. The molecule has 0 saturated carbocycles. The highest BCUT2D eigenvalue weighted by Crippen LogP contribution is 2.36. The van der Waals surface area contributed by atoms with E-state index in [9.17, 15) is 13.2 Å². The second-order valence-corrected chi connectivity index (χ2v) is 6.96. The Bertz CT molecular complexity index is 480. The van der Waals surface area contributed by atoms with E-state index in [0.29, 0.717) is 12.1 Å². The summed E-state index contributed by atoms with van der Waals surface area (Å²) >= 11 is 0. The molecule has 1 aromatic carbocycles. The fraction of sp³-hybridized carbons (Fsp3) is 0.647. The number of alkyl halides is 3. The van der Waals surface area contributed by atoms with Crippen LogP contribution in [0.4, 0.5) is 13.2 Å². The van der Waals surface area contributed by atoms with Crippen LogP contribution in [0.25, 0.3) is 0 Å². The van der Waals surface area contributed by atoms with E-state index in [1.54, 1.807) is 6.07 Å². The molecule has 1 aromatic rings. The van der Waals surface area contributed by atoms with Gasteiger partial charge in [0.25, 0.3) is 0 Å². The number of rotatable bonds is 2. The molecule has 1 aliphatic heterocycles. The summed E-state index contributed by atoms with van der Waals surface area (Å²) in [5.41, 5.74) is 0.388. The average molecular weight is 299 g/mol. The van der Waals surface area contributed by atoms with Crippen LogP contribution in [0.1, 0.15) is 56.7 Å². The first-order valence-electron chi connectivity index (χ1n) is 7.61. The molecule has 1 saturated heterocycles. The van der Waals surface area contributed by atoms with Crippen LogP contribution in [0.2, 0.25) is 0 Å². The van der Waals surface area contributed by atoms with E-state index >= 15 is 0 Å². The summed E-state index contributed by atoms with van der Waals surface area (Å²) < 4.78 is 40.1. The molecule has 0 unspecified atom stereocenters. The van der Waals surface area contributed by atoms with Gasteiger partial charge in [-0.15, -0.1) is 0 Å². The van der Waals surface area contributed by atoms with Crippen LogP contribution in [0.3, 0.4) is 0 Å². The largest absolute Gasteiger partial charge is 0.416 e. The molecule has 118 valence electrons. The lowest BCUT2D eigenvalue weighted by atomic mass is 9.85. The lowest BCUT2D eigenvalue weighted by Gasteiger charge is -2.28. The van der Waals surface area contributed by atoms with Gasteiger partial charge in [-0.3, -0.25) is 4.90 Å². The first-order chi connectivity index (χ1) is 9.68. The molecule has 0 atom stereocenters. The lowest BCUT2D eigenvalue weighted by molar-refractivity contribution is -0.138. The minimum absolute atomic E-state index is 0.274. The maximum absolute atomic E-state index is 13.4. The van der Waals surface area contributed by atoms with Crippen LogP contribution in [0.5, 0.6) is 0 Å². The Balaban J connectivity index is 2.31. The normalized spacial score (nSPS) is 18.0.